The molecule has 2 aliphatic heterocycles. The second-order valence-electron chi connectivity index (χ2n) is 6.09. The Balaban J connectivity index is 1.75. The quantitative estimate of drug-likeness (QED) is 0.863. The Kier molecular flexibility index (Phi) is 4.06. The minimum Gasteiger partial charge on any atom is -0.389 e. The summed E-state index contributed by atoms with van der Waals surface area (Å²) in [5, 5.41) is 0. The van der Waals surface area contributed by atoms with Crippen molar-refractivity contribution in [1.82, 2.24) is 9.80 Å². The first-order valence-corrected chi connectivity index (χ1v) is 7.92. The number of nitrogens with zero attached hydrogens (tertiary/aromatic N) is 2. The minimum absolute atomic E-state index is 0.507. The van der Waals surface area contributed by atoms with E-state index < -0.39 is 0 Å². The predicted octanol–water partition coefficient (Wildman–Crippen LogP) is 1.99. The predicted molar refractivity (Wildman–Crippen MR) is 86.8 cm³/mol. The van der Waals surface area contributed by atoms with E-state index in [0.29, 0.717) is 11.0 Å². The molecule has 2 N–H and O–H groups in total. The molecule has 1 aromatic carbocycles. The largest absolute Gasteiger partial charge is 0.389 e. The standard InChI is InChI=1S/C16H23N3S/c1-12-9-18-8-4-6-14(18)11-19(12)10-13-5-2-3-7-15(13)16(17)20/h2-3,5,7,12,14H,4,6,8-11H2,1H3,(H2,17,20). The zero-order valence-corrected chi connectivity index (χ0v) is 12.9. The van der Waals surface area contributed by atoms with E-state index in [-0.39, 0.29) is 0 Å². The lowest BCUT2D eigenvalue weighted by Gasteiger charge is -2.42. The monoisotopic (exact) mass is 289 g/mol. The Morgan fingerprint density at radius 2 is 2.15 bits per heavy atom. The number of rotatable bonds is 3. The average Bonchev–Trinajstić information content (AvgIpc) is 2.86. The molecule has 3 nitrogen and oxygen atoms in total. The number of benzene rings is 1. The summed E-state index contributed by atoms with van der Waals surface area (Å²) >= 11 is 5.17. The number of fused-ring (bicyclic) bond motifs is 1. The normalized spacial score (nSPS) is 27.4. The van der Waals surface area contributed by atoms with Crippen molar-refractivity contribution in [3.63, 3.8) is 0 Å². The zero-order valence-electron chi connectivity index (χ0n) is 12.1. The molecule has 0 radical (unpaired) electrons. The molecule has 1 aromatic rings. The van der Waals surface area contributed by atoms with Crippen LogP contribution in [-0.4, -0.2) is 46.5 Å². The fourth-order valence-electron chi connectivity index (χ4n) is 3.59. The Labute approximate surface area is 126 Å². The highest BCUT2D eigenvalue weighted by atomic mass is 32.1. The molecule has 0 aliphatic carbocycles. The van der Waals surface area contributed by atoms with Gasteiger partial charge in [0.25, 0.3) is 0 Å². The minimum atomic E-state index is 0.507. The molecule has 2 aliphatic rings. The van der Waals surface area contributed by atoms with Crippen molar-refractivity contribution < 1.29 is 0 Å². The summed E-state index contributed by atoms with van der Waals surface area (Å²) in [7, 11) is 0. The van der Waals surface area contributed by atoms with Crippen LogP contribution in [-0.2, 0) is 6.54 Å². The third-order valence-corrected chi connectivity index (χ3v) is 4.94. The van der Waals surface area contributed by atoms with Crippen molar-refractivity contribution in [3.8, 4) is 0 Å². The van der Waals surface area contributed by atoms with Gasteiger partial charge in [0.1, 0.15) is 4.99 Å². The van der Waals surface area contributed by atoms with E-state index in [1.165, 1.54) is 38.0 Å². The Hall–Kier alpha value is -0.970. The first-order chi connectivity index (χ1) is 9.65. The maximum atomic E-state index is 5.84. The molecule has 3 rings (SSSR count). The summed E-state index contributed by atoms with van der Waals surface area (Å²) in [4.78, 5) is 5.75. The van der Waals surface area contributed by atoms with Crippen molar-refractivity contribution in [2.45, 2.75) is 38.4 Å². The van der Waals surface area contributed by atoms with Gasteiger partial charge in [0, 0.05) is 37.3 Å². The van der Waals surface area contributed by atoms with Gasteiger partial charge in [0.2, 0.25) is 0 Å². The SMILES string of the molecule is CC1CN2CCCC2CN1Cc1ccccc1C(N)=S. The molecule has 0 amide bonds. The molecule has 0 bridgehead atoms. The molecule has 2 atom stereocenters. The summed E-state index contributed by atoms with van der Waals surface area (Å²) in [6, 6.07) is 9.63. The molecule has 2 saturated heterocycles. The van der Waals surface area contributed by atoms with E-state index in [0.717, 1.165) is 18.2 Å². The summed E-state index contributed by atoms with van der Waals surface area (Å²) in [5.74, 6) is 0. The molecule has 2 heterocycles. The van der Waals surface area contributed by atoms with Gasteiger partial charge < -0.3 is 5.73 Å². The van der Waals surface area contributed by atoms with Crippen LogP contribution in [0.3, 0.4) is 0 Å². The Morgan fingerprint density at radius 3 is 2.95 bits per heavy atom. The topological polar surface area (TPSA) is 32.5 Å². The second kappa shape index (κ2) is 5.80. The zero-order chi connectivity index (χ0) is 14.1. The van der Waals surface area contributed by atoms with E-state index in [1.54, 1.807) is 0 Å². The lowest BCUT2D eigenvalue weighted by Crippen LogP contribution is -2.54. The molecule has 108 valence electrons. The molecule has 4 heteroatoms. The van der Waals surface area contributed by atoms with E-state index in [4.69, 9.17) is 18.0 Å². The van der Waals surface area contributed by atoms with Crippen LogP contribution in [0, 0.1) is 0 Å². The van der Waals surface area contributed by atoms with Crippen molar-refractivity contribution in [1.29, 1.82) is 0 Å². The van der Waals surface area contributed by atoms with Gasteiger partial charge in [-0.1, -0.05) is 36.5 Å². The first-order valence-electron chi connectivity index (χ1n) is 7.51. The number of nitrogens with two attached hydrogens (primary N) is 1. The van der Waals surface area contributed by atoms with E-state index in [1.807, 2.05) is 12.1 Å². The van der Waals surface area contributed by atoms with Gasteiger partial charge in [-0.3, -0.25) is 9.80 Å². The third kappa shape index (κ3) is 2.73. The average molecular weight is 289 g/mol. The highest BCUT2D eigenvalue weighted by Gasteiger charge is 2.34. The molecule has 0 saturated carbocycles. The molecule has 0 spiro atoms. The number of hydrogen-bond donors (Lipinski definition) is 1. The number of thiocarbonyl (C=S) groups is 1. The number of piperazine rings is 1. The highest BCUT2D eigenvalue weighted by Crippen LogP contribution is 2.26. The molecule has 2 unspecified atom stereocenters. The third-order valence-electron chi connectivity index (χ3n) is 4.72. The molecular formula is C16H23N3S. The van der Waals surface area contributed by atoms with Crippen molar-refractivity contribution >= 4 is 17.2 Å². The van der Waals surface area contributed by atoms with Gasteiger partial charge in [-0.25, -0.2) is 0 Å². The summed E-state index contributed by atoms with van der Waals surface area (Å²) in [6.45, 7) is 6.94. The second-order valence-corrected chi connectivity index (χ2v) is 6.53. The first kappa shape index (κ1) is 14.0. The van der Waals surface area contributed by atoms with Crippen LogP contribution in [0.4, 0.5) is 0 Å². The van der Waals surface area contributed by atoms with Crippen LogP contribution in [0.5, 0.6) is 0 Å². The summed E-state index contributed by atoms with van der Waals surface area (Å²) in [6.07, 6.45) is 2.70. The van der Waals surface area contributed by atoms with Gasteiger partial charge in [-0.2, -0.15) is 0 Å². The van der Waals surface area contributed by atoms with Crippen LogP contribution in [0.15, 0.2) is 24.3 Å². The van der Waals surface area contributed by atoms with Crippen molar-refractivity contribution in [2.24, 2.45) is 5.73 Å². The maximum Gasteiger partial charge on any atom is 0.104 e. The van der Waals surface area contributed by atoms with Gasteiger partial charge in [0.15, 0.2) is 0 Å². The summed E-state index contributed by atoms with van der Waals surface area (Å²) < 4.78 is 0. The molecule has 2 fully saturated rings. The van der Waals surface area contributed by atoms with Crippen LogP contribution < -0.4 is 5.73 Å². The van der Waals surface area contributed by atoms with Crippen LogP contribution in [0.2, 0.25) is 0 Å². The van der Waals surface area contributed by atoms with E-state index in [2.05, 4.69) is 28.9 Å². The van der Waals surface area contributed by atoms with Gasteiger partial charge >= 0.3 is 0 Å². The smallest absolute Gasteiger partial charge is 0.104 e. The fraction of sp³-hybridized carbons (Fsp3) is 0.562. The fourth-order valence-corrected chi connectivity index (χ4v) is 3.78. The van der Waals surface area contributed by atoms with Crippen molar-refractivity contribution in [2.75, 3.05) is 19.6 Å². The van der Waals surface area contributed by atoms with Gasteiger partial charge in [0.05, 0.1) is 0 Å². The molecule has 0 aromatic heterocycles. The lowest BCUT2D eigenvalue weighted by molar-refractivity contribution is 0.0540. The highest BCUT2D eigenvalue weighted by molar-refractivity contribution is 7.80. The lowest BCUT2D eigenvalue weighted by atomic mass is 10.0. The molecule has 20 heavy (non-hydrogen) atoms. The number of hydrogen-bond acceptors (Lipinski definition) is 3. The van der Waals surface area contributed by atoms with Crippen LogP contribution in [0.25, 0.3) is 0 Å². The Morgan fingerprint density at radius 1 is 1.35 bits per heavy atom. The van der Waals surface area contributed by atoms with Crippen LogP contribution in [0.1, 0.15) is 30.9 Å². The summed E-state index contributed by atoms with van der Waals surface area (Å²) in [5.41, 5.74) is 8.14. The van der Waals surface area contributed by atoms with E-state index in [9.17, 15) is 0 Å². The van der Waals surface area contributed by atoms with Crippen molar-refractivity contribution in [3.05, 3.63) is 35.4 Å². The Bertz CT molecular complexity index is 502. The maximum absolute atomic E-state index is 5.84. The van der Waals surface area contributed by atoms with Gasteiger partial charge in [-0.15, -0.1) is 0 Å². The van der Waals surface area contributed by atoms with Gasteiger partial charge in [-0.05, 0) is 31.9 Å². The molecular weight excluding hydrogens is 266 g/mol. The van der Waals surface area contributed by atoms with Crippen LogP contribution >= 0.6 is 12.2 Å². The van der Waals surface area contributed by atoms with E-state index >= 15 is 0 Å².